The molecule has 55 heavy (non-hydrogen) atoms. The Morgan fingerprint density at radius 1 is 0.618 bits per heavy atom. The SMILES string of the molecule is CCCCCC=CCC=CCCCCCCCC1OC2(CCC(NC(=O)OCc3ccccc3)CC2)OC1CCCCCCCC=CCC=CCCCCC. The number of carbonyl (C=O) groups is 1. The molecule has 3 rings (SSSR count). The van der Waals surface area contributed by atoms with E-state index in [4.69, 9.17) is 14.2 Å². The van der Waals surface area contributed by atoms with Gasteiger partial charge in [0.15, 0.2) is 5.79 Å². The lowest BCUT2D eigenvalue weighted by Gasteiger charge is -2.36. The number of unbranched alkanes of at least 4 members (excludes halogenated alkanes) is 16. The summed E-state index contributed by atoms with van der Waals surface area (Å²) in [4.78, 5) is 12.5. The van der Waals surface area contributed by atoms with Gasteiger partial charge >= 0.3 is 6.09 Å². The zero-order valence-corrected chi connectivity index (χ0v) is 35.4. The molecule has 1 aliphatic carbocycles. The van der Waals surface area contributed by atoms with Gasteiger partial charge in [0.05, 0.1) is 12.2 Å². The fraction of sp³-hybridized carbons (Fsp3) is 0.700. The second kappa shape index (κ2) is 31.5. The average molecular weight is 760 g/mol. The van der Waals surface area contributed by atoms with Gasteiger partial charge in [0.25, 0.3) is 0 Å². The van der Waals surface area contributed by atoms with Crippen LogP contribution in [0.5, 0.6) is 0 Å². The van der Waals surface area contributed by atoms with Crippen LogP contribution < -0.4 is 5.32 Å². The maximum Gasteiger partial charge on any atom is 0.407 e. The Morgan fingerprint density at radius 3 is 1.53 bits per heavy atom. The van der Waals surface area contributed by atoms with E-state index >= 15 is 0 Å². The lowest BCUT2D eigenvalue weighted by molar-refractivity contribution is -0.197. The van der Waals surface area contributed by atoms with Crippen molar-refractivity contribution >= 4 is 6.09 Å². The molecule has 1 aliphatic heterocycles. The van der Waals surface area contributed by atoms with Gasteiger partial charge in [-0.1, -0.05) is 170 Å². The molecular formula is C50H81NO4. The Labute approximate surface area is 338 Å². The number of alkyl carbamates (subject to hydrolysis) is 1. The van der Waals surface area contributed by atoms with Crippen LogP contribution in [0.2, 0.25) is 0 Å². The highest BCUT2D eigenvalue weighted by molar-refractivity contribution is 5.67. The van der Waals surface area contributed by atoms with Crippen molar-refractivity contribution in [3.8, 4) is 0 Å². The molecule has 1 spiro atoms. The highest BCUT2D eigenvalue weighted by atomic mass is 16.8. The van der Waals surface area contributed by atoms with Crippen LogP contribution in [0.25, 0.3) is 0 Å². The molecule has 1 saturated carbocycles. The van der Waals surface area contributed by atoms with E-state index in [0.29, 0.717) is 6.61 Å². The smallest absolute Gasteiger partial charge is 0.407 e. The number of ether oxygens (including phenoxy) is 3. The van der Waals surface area contributed by atoms with Crippen molar-refractivity contribution in [2.45, 2.75) is 224 Å². The third-order valence-corrected chi connectivity index (χ3v) is 11.3. The fourth-order valence-electron chi connectivity index (χ4n) is 7.90. The summed E-state index contributed by atoms with van der Waals surface area (Å²) in [6, 6.07) is 9.95. The highest BCUT2D eigenvalue weighted by Crippen LogP contribution is 2.43. The van der Waals surface area contributed by atoms with E-state index in [1.165, 1.54) is 128 Å². The molecule has 1 N–H and O–H groups in total. The van der Waals surface area contributed by atoms with Crippen LogP contribution in [-0.2, 0) is 20.8 Å². The first-order chi connectivity index (χ1) is 27.1. The molecule has 1 amide bonds. The topological polar surface area (TPSA) is 56.8 Å². The number of amides is 1. The summed E-state index contributed by atoms with van der Waals surface area (Å²) in [5.41, 5.74) is 0.998. The van der Waals surface area contributed by atoms with E-state index < -0.39 is 5.79 Å². The minimum Gasteiger partial charge on any atom is -0.445 e. The molecule has 1 heterocycles. The van der Waals surface area contributed by atoms with Crippen molar-refractivity contribution < 1.29 is 19.0 Å². The first kappa shape index (κ1) is 46.8. The lowest BCUT2D eigenvalue weighted by Crippen LogP contribution is -2.44. The predicted octanol–water partition coefficient (Wildman–Crippen LogP) is 15.0. The van der Waals surface area contributed by atoms with Crippen molar-refractivity contribution in [2.24, 2.45) is 0 Å². The van der Waals surface area contributed by atoms with Crippen LogP contribution in [0.4, 0.5) is 4.79 Å². The molecule has 2 atom stereocenters. The van der Waals surface area contributed by atoms with Gasteiger partial charge in [-0.05, 0) is 95.5 Å². The highest BCUT2D eigenvalue weighted by Gasteiger charge is 2.48. The molecule has 310 valence electrons. The molecule has 2 unspecified atom stereocenters. The summed E-state index contributed by atoms with van der Waals surface area (Å²) in [5, 5.41) is 3.10. The molecule has 5 nitrogen and oxygen atoms in total. The Kier molecular flexibility index (Phi) is 26.7. The molecular weight excluding hydrogens is 679 g/mol. The second-order valence-electron chi connectivity index (χ2n) is 16.2. The number of benzene rings is 1. The number of allylic oxidation sites excluding steroid dienone is 8. The van der Waals surface area contributed by atoms with Crippen LogP contribution in [-0.4, -0.2) is 30.1 Å². The Balaban J connectivity index is 1.33. The standard InChI is InChI=1S/C50H81NO4/c1-3-5-7-9-11-13-15-17-19-21-23-25-27-29-34-38-47-48(39-35-30-28-26-24-22-20-18-16-14-12-10-8-6-4-2)55-50(54-47)42-40-46(41-43-50)51-49(52)53-44-45-36-32-31-33-37-45/h11-14,17-20,31-33,36-37,46-48H,3-10,15-16,21-30,34-35,38-44H2,1-2H3,(H,51,52). The molecule has 2 aliphatic rings. The molecule has 1 aromatic carbocycles. The zero-order chi connectivity index (χ0) is 38.9. The average Bonchev–Trinajstić information content (AvgIpc) is 3.54. The second-order valence-corrected chi connectivity index (χ2v) is 16.2. The largest absolute Gasteiger partial charge is 0.445 e. The van der Waals surface area contributed by atoms with E-state index in [0.717, 1.165) is 56.9 Å². The van der Waals surface area contributed by atoms with Crippen LogP contribution >= 0.6 is 0 Å². The van der Waals surface area contributed by atoms with Crippen molar-refractivity contribution in [2.75, 3.05) is 0 Å². The van der Waals surface area contributed by atoms with Crippen LogP contribution in [0, 0.1) is 0 Å². The maximum absolute atomic E-state index is 12.5. The van der Waals surface area contributed by atoms with E-state index in [2.05, 4.69) is 67.8 Å². The zero-order valence-electron chi connectivity index (χ0n) is 35.4. The normalized spacial score (nSPS) is 21.6. The Morgan fingerprint density at radius 2 is 1.05 bits per heavy atom. The fourth-order valence-corrected chi connectivity index (χ4v) is 7.90. The van der Waals surface area contributed by atoms with E-state index in [-0.39, 0.29) is 24.3 Å². The van der Waals surface area contributed by atoms with Gasteiger partial charge in [0.2, 0.25) is 0 Å². The summed E-state index contributed by atoms with van der Waals surface area (Å²) < 4.78 is 19.2. The summed E-state index contributed by atoms with van der Waals surface area (Å²) >= 11 is 0. The number of carbonyl (C=O) groups excluding carboxylic acids is 1. The maximum atomic E-state index is 12.5. The van der Waals surface area contributed by atoms with Gasteiger partial charge in [-0.25, -0.2) is 4.79 Å². The van der Waals surface area contributed by atoms with Gasteiger partial charge in [-0.2, -0.15) is 0 Å². The van der Waals surface area contributed by atoms with Crippen LogP contribution in [0.1, 0.15) is 199 Å². The minimum atomic E-state index is -0.491. The molecule has 0 bridgehead atoms. The first-order valence-electron chi connectivity index (χ1n) is 23.1. The third-order valence-electron chi connectivity index (χ3n) is 11.3. The lowest BCUT2D eigenvalue weighted by atomic mass is 9.90. The summed E-state index contributed by atoms with van der Waals surface area (Å²) in [6.07, 6.45) is 52.0. The van der Waals surface area contributed by atoms with Crippen molar-refractivity contribution in [3.63, 3.8) is 0 Å². The van der Waals surface area contributed by atoms with Crippen molar-refractivity contribution in [3.05, 3.63) is 84.5 Å². The molecule has 1 aromatic rings. The summed E-state index contributed by atoms with van der Waals surface area (Å²) in [7, 11) is 0. The van der Waals surface area contributed by atoms with Crippen LogP contribution in [0.15, 0.2) is 78.9 Å². The minimum absolute atomic E-state index is 0.0994. The summed E-state index contributed by atoms with van der Waals surface area (Å²) in [5.74, 6) is -0.491. The van der Waals surface area contributed by atoms with Gasteiger partial charge in [0, 0.05) is 18.9 Å². The van der Waals surface area contributed by atoms with Gasteiger partial charge < -0.3 is 19.5 Å². The Bertz CT molecular complexity index is 1130. The number of hydrogen-bond acceptors (Lipinski definition) is 4. The Hall–Kier alpha value is -2.63. The molecule has 5 heteroatoms. The summed E-state index contributed by atoms with van der Waals surface area (Å²) in [6.45, 7) is 4.82. The van der Waals surface area contributed by atoms with Crippen molar-refractivity contribution in [1.29, 1.82) is 0 Å². The van der Waals surface area contributed by atoms with Gasteiger partial charge in [-0.3, -0.25) is 0 Å². The van der Waals surface area contributed by atoms with Gasteiger partial charge in [0.1, 0.15) is 6.61 Å². The van der Waals surface area contributed by atoms with E-state index in [9.17, 15) is 4.79 Å². The molecule has 2 fully saturated rings. The van der Waals surface area contributed by atoms with Crippen LogP contribution in [0.3, 0.4) is 0 Å². The molecule has 1 saturated heterocycles. The van der Waals surface area contributed by atoms with E-state index in [1.807, 2.05) is 30.3 Å². The van der Waals surface area contributed by atoms with E-state index in [1.54, 1.807) is 0 Å². The number of nitrogens with one attached hydrogen (secondary N) is 1. The van der Waals surface area contributed by atoms with Crippen molar-refractivity contribution in [1.82, 2.24) is 5.32 Å². The molecule has 0 radical (unpaired) electrons. The first-order valence-corrected chi connectivity index (χ1v) is 23.1. The number of rotatable bonds is 31. The third kappa shape index (κ3) is 22.6. The quantitative estimate of drug-likeness (QED) is 0.0605. The number of hydrogen-bond donors (Lipinski definition) is 1. The predicted molar refractivity (Wildman–Crippen MR) is 233 cm³/mol. The monoisotopic (exact) mass is 760 g/mol. The molecule has 0 aromatic heterocycles. The van der Waals surface area contributed by atoms with Gasteiger partial charge in [-0.15, -0.1) is 0 Å².